The van der Waals surface area contributed by atoms with Crippen LogP contribution in [0.4, 0.5) is 17.1 Å². The van der Waals surface area contributed by atoms with Gasteiger partial charge in [-0.05, 0) is 24.3 Å². The van der Waals surface area contributed by atoms with Crippen molar-refractivity contribution in [3.63, 3.8) is 0 Å². The minimum atomic E-state index is -0.344. The summed E-state index contributed by atoms with van der Waals surface area (Å²) in [6.45, 7) is 0. The van der Waals surface area contributed by atoms with Crippen LogP contribution in [0.2, 0.25) is 0 Å². The first-order valence-electron chi connectivity index (χ1n) is 6.90. The van der Waals surface area contributed by atoms with Gasteiger partial charge in [0.15, 0.2) is 5.69 Å². The number of aromatic amines is 2. The van der Waals surface area contributed by atoms with Crippen molar-refractivity contribution in [3.8, 4) is 17.0 Å². The van der Waals surface area contributed by atoms with Crippen molar-refractivity contribution in [1.82, 2.24) is 10.2 Å². The number of rotatable bonds is 4. The summed E-state index contributed by atoms with van der Waals surface area (Å²) in [5.41, 5.74) is 8.12. The van der Waals surface area contributed by atoms with E-state index in [2.05, 4.69) is 20.4 Å². The lowest BCUT2D eigenvalue weighted by Gasteiger charge is -2.00. The van der Waals surface area contributed by atoms with Crippen molar-refractivity contribution in [3.05, 3.63) is 58.9 Å². The van der Waals surface area contributed by atoms with Crippen molar-refractivity contribution < 1.29 is 4.74 Å². The normalized spacial score (nSPS) is 11.0. The van der Waals surface area contributed by atoms with Crippen LogP contribution in [0.3, 0.4) is 0 Å². The molecule has 3 aromatic rings. The Hall–Kier alpha value is -3.35. The van der Waals surface area contributed by atoms with Gasteiger partial charge in [0, 0.05) is 17.3 Å². The zero-order valence-corrected chi connectivity index (χ0v) is 12.4. The summed E-state index contributed by atoms with van der Waals surface area (Å²) in [7, 11) is 1.58. The van der Waals surface area contributed by atoms with Crippen LogP contribution in [0.25, 0.3) is 11.3 Å². The Kier molecular flexibility index (Phi) is 3.92. The van der Waals surface area contributed by atoms with Crippen molar-refractivity contribution in [1.29, 1.82) is 0 Å². The summed E-state index contributed by atoms with van der Waals surface area (Å²) in [5, 5.41) is 13.5. The van der Waals surface area contributed by atoms with Crippen LogP contribution in [0.1, 0.15) is 0 Å². The predicted octanol–water partition coefficient (Wildman–Crippen LogP) is 3.38. The van der Waals surface area contributed by atoms with E-state index in [0.29, 0.717) is 22.8 Å². The molecule has 0 saturated carbocycles. The fourth-order valence-electron chi connectivity index (χ4n) is 2.09. The molecule has 0 unspecified atom stereocenters. The maximum Gasteiger partial charge on any atom is 0.292 e. The molecular weight excluding hydrogens is 294 g/mol. The second kappa shape index (κ2) is 6.18. The Bertz CT molecular complexity index is 893. The SMILES string of the molecule is COc1cccc(N=Nc2c(-c3ccc(N)cc3)[nH][nH]c2=O)c1. The van der Waals surface area contributed by atoms with E-state index < -0.39 is 0 Å². The van der Waals surface area contributed by atoms with E-state index in [4.69, 9.17) is 10.5 Å². The maximum absolute atomic E-state index is 11.9. The fraction of sp³-hybridized carbons (Fsp3) is 0.0625. The molecular formula is C16H15N5O2. The van der Waals surface area contributed by atoms with Gasteiger partial charge in [-0.3, -0.25) is 15.0 Å². The van der Waals surface area contributed by atoms with Crippen molar-refractivity contribution >= 4 is 17.1 Å². The number of H-pyrrole nitrogens is 2. The number of nitrogens with two attached hydrogens (primary N) is 1. The second-order valence-corrected chi connectivity index (χ2v) is 4.83. The zero-order valence-electron chi connectivity index (χ0n) is 12.4. The first-order chi connectivity index (χ1) is 11.2. The second-order valence-electron chi connectivity index (χ2n) is 4.83. The average molecular weight is 309 g/mol. The molecule has 0 radical (unpaired) electrons. The summed E-state index contributed by atoms with van der Waals surface area (Å²) in [6.07, 6.45) is 0. The van der Waals surface area contributed by atoms with Crippen LogP contribution >= 0.6 is 0 Å². The lowest BCUT2D eigenvalue weighted by atomic mass is 10.1. The van der Waals surface area contributed by atoms with E-state index >= 15 is 0 Å². The van der Waals surface area contributed by atoms with Gasteiger partial charge in [0.1, 0.15) is 5.75 Å². The number of azo groups is 1. The highest BCUT2D eigenvalue weighted by Gasteiger charge is 2.11. The first kappa shape index (κ1) is 14.6. The maximum atomic E-state index is 11.9. The number of hydrogen-bond donors (Lipinski definition) is 3. The molecule has 0 saturated heterocycles. The molecule has 0 aliphatic rings. The Labute approximate surface area is 131 Å². The van der Waals surface area contributed by atoms with Crippen LogP contribution in [0, 0.1) is 0 Å². The Morgan fingerprint density at radius 1 is 1.04 bits per heavy atom. The summed E-state index contributed by atoms with van der Waals surface area (Å²) in [4.78, 5) is 11.9. The van der Waals surface area contributed by atoms with Gasteiger partial charge in [0.25, 0.3) is 5.56 Å². The molecule has 7 heteroatoms. The van der Waals surface area contributed by atoms with Crippen LogP contribution in [-0.2, 0) is 0 Å². The molecule has 2 aromatic carbocycles. The molecule has 3 rings (SSSR count). The smallest absolute Gasteiger partial charge is 0.292 e. The first-order valence-corrected chi connectivity index (χ1v) is 6.90. The van der Waals surface area contributed by atoms with Crippen LogP contribution in [0.15, 0.2) is 63.6 Å². The molecule has 0 bridgehead atoms. The zero-order chi connectivity index (χ0) is 16.2. The Morgan fingerprint density at radius 2 is 1.83 bits per heavy atom. The molecule has 0 amide bonds. The molecule has 0 aliphatic heterocycles. The van der Waals surface area contributed by atoms with E-state index in [0.717, 1.165) is 5.56 Å². The van der Waals surface area contributed by atoms with Crippen molar-refractivity contribution in [2.45, 2.75) is 0 Å². The van der Waals surface area contributed by atoms with Crippen molar-refractivity contribution in [2.75, 3.05) is 12.8 Å². The van der Waals surface area contributed by atoms with E-state index in [1.165, 1.54) is 0 Å². The molecule has 1 heterocycles. The van der Waals surface area contributed by atoms with Gasteiger partial charge in [0.05, 0.1) is 18.5 Å². The molecule has 0 aliphatic carbocycles. The largest absolute Gasteiger partial charge is 0.497 e. The summed E-state index contributed by atoms with van der Waals surface area (Å²) in [5.74, 6) is 0.670. The number of methoxy groups -OCH3 is 1. The Balaban J connectivity index is 1.97. The van der Waals surface area contributed by atoms with Crippen LogP contribution < -0.4 is 16.0 Å². The summed E-state index contributed by atoms with van der Waals surface area (Å²) < 4.78 is 5.13. The number of nitrogen functional groups attached to an aromatic ring is 1. The minimum absolute atomic E-state index is 0.206. The summed E-state index contributed by atoms with van der Waals surface area (Å²) in [6, 6.07) is 14.2. The monoisotopic (exact) mass is 309 g/mol. The number of benzene rings is 2. The molecule has 23 heavy (non-hydrogen) atoms. The average Bonchev–Trinajstić information content (AvgIpc) is 2.94. The Morgan fingerprint density at radius 3 is 2.57 bits per heavy atom. The van der Waals surface area contributed by atoms with Gasteiger partial charge in [0.2, 0.25) is 0 Å². The molecule has 4 N–H and O–H groups in total. The number of hydrogen-bond acceptors (Lipinski definition) is 5. The predicted molar refractivity (Wildman–Crippen MR) is 88.4 cm³/mol. The number of anilines is 1. The number of ether oxygens (including phenoxy) is 1. The molecule has 7 nitrogen and oxygen atoms in total. The quantitative estimate of drug-likeness (QED) is 0.507. The van der Waals surface area contributed by atoms with Crippen LogP contribution in [0.5, 0.6) is 5.75 Å². The topological polar surface area (TPSA) is 109 Å². The molecule has 116 valence electrons. The van der Waals surface area contributed by atoms with E-state index in [-0.39, 0.29) is 11.2 Å². The van der Waals surface area contributed by atoms with E-state index in [1.54, 1.807) is 49.6 Å². The third-order valence-electron chi connectivity index (χ3n) is 3.27. The van der Waals surface area contributed by atoms with Gasteiger partial charge in [-0.1, -0.05) is 18.2 Å². The van der Waals surface area contributed by atoms with E-state index in [9.17, 15) is 4.79 Å². The van der Waals surface area contributed by atoms with Crippen LogP contribution in [-0.4, -0.2) is 17.3 Å². The van der Waals surface area contributed by atoms with Gasteiger partial charge < -0.3 is 10.5 Å². The summed E-state index contributed by atoms with van der Waals surface area (Å²) >= 11 is 0. The highest BCUT2D eigenvalue weighted by molar-refractivity contribution is 5.72. The lowest BCUT2D eigenvalue weighted by molar-refractivity contribution is 0.415. The highest BCUT2D eigenvalue weighted by atomic mass is 16.5. The molecule has 0 spiro atoms. The fourth-order valence-corrected chi connectivity index (χ4v) is 2.09. The third kappa shape index (κ3) is 3.13. The van der Waals surface area contributed by atoms with Gasteiger partial charge in [-0.2, -0.15) is 5.11 Å². The number of aromatic nitrogens is 2. The number of nitrogens with one attached hydrogen (secondary N) is 2. The third-order valence-corrected chi connectivity index (χ3v) is 3.27. The molecule has 1 aromatic heterocycles. The van der Waals surface area contributed by atoms with E-state index in [1.807, 2.05) is 6.07 Å². The van der Waals surface area contributed by atoms with Gasteiger partial charge in [-0.25, -0.2) is 0 Å². The van der Waals surface area contributed by atoms with Crippen molar-refractivity contribution in [2.24, 2.45) is 10.2 Å². The highest BCUT2D eigenvalue weighted by Crippen LogP contribution is 2.27. The molecule has 0 atom stereocenters. The standard InChI is InChI=1S/C16H15N5O2/c1-23-13-4-2-3-12(9-13)18-20-15-14(19-21-16(15)22)10-5-7-11(17)8-6-10/h2-9H,17H2,1H3,(H2,19,21,22). The molecule has 0 fully saturated rings. The lowest BCUT2D eigenvalue weighted by Crippen LogP contribution is -1.96. The van der Waals surface area contributed by atoms with Gasteiger partial charge >= 0.3 is 0 Å². The number of nitrogens with zero attached hydrogens (tertiary/aromatic N) is 2. The minimum Gasteiger partial charge on any atom is -0.497 e. The van der Waals surface area contributed by atoms with Gasteiger partial charge in [-0.15, -0.1) is 5.11 Å².